The molecule has 0 amide bonds. The molecular formula is C29H33NO6S. The van der Waals surface area contributed by atoms with Crippen LogP contribution in [0.25, 0.3) is 11.1 Å². The molecule has 3 aromatic rings. The van der Waals surface area contributed by atoms with E-state index in [1.54, 1.807) is 52.0 Å². The lowest BCUT2D eigenvalue weighted by molar-refractivity contribution is -0.160. The lowest BCUT2D eigenvalue weighted by Crippen LogP contribution is -2.28. The predicted molar refractivity (Wildman–Crippen MR) is 144 cm³/mol. The molecule has 37 heavy (non-hydrogen) atoms. The highest BCUT2D eigenvalue weighted by Crippen LogP contribution is 2.42. The number of nitrogens with one attached hydrogen (secondary N) is 1. The summed E-state index contributed by atoms with van der Waals surface area (Å²) < 4.78 is 40.8. The SMILES string of the molecule is Cc1cc(NS(=O)(=O)c2ccccc2)c(C)c(C(OC(C)(C)C)C(=O)O)c1-c1ccc2c(c1)CCCO2. The first-order valence-corrected chi connectivity index (χ1v) is 13.7. The molecule has 7 nitrogen and oxygen atoms in total. The van der Waals surface area contributed by atoms with Gasteiger partial charge < -0.3 is 14.6 Å². The molecule has 1 aliphatic rings. The van der Waals surface area contributed by atoms with Crippen molar-refractivity contribution in [2.24, 2.45) is 0 Å². The quantitative estimate of drug-likeness (QED) is 0.392. The first kappa shape index (κ1) is 26.7. The largest absolute Gasteiger partial charge is 0.493 e. The third-order valence-electron chi connectivity index (χ3n) is 6.29. The summed E-state index contributed by atoms with van der Waals surface area (Å²) in [6.45, 7) is 9.64. The van der Waals surface area contributed by atoms with Crippen LogP contribution < -0.4 is 9.46 Å². The Morgan fingerprint density at radius 3 is 2.43 bits per heavy atom. The molecular weight excluding hydrogens is 490 g/mol. The molecule has 3 aromatic carbocycles. The van der Waals surface area contributed by atoms with Crippen molar-refractivity contribution in [2.75, 3.05) is 11.3 Å². The van der Waals surface area contributed by atoms with E-state index >= 15 is 0 Å². The molecule has 1 unspecified atom stereocenters. The van der Waals surface area contributed by atoms with Gasteiger partial charge in [-0.1, -0.05) is 24.3 Å². The number of hydrogen-bond donors (Lipinski definition) is 2. The smallest absolute Gasteiger partial charge is 0.337 e. The van der Waals surface area contributed by atoms with Crippen LogP contribution >= 0.6 is 0 Å². The fourth-order valence-corrected chi connectivity index (χ4v) is 5.80. The van der Waals surface area contributed by atoms with Gasteiger partial charge in [-0.2, -0.15) is 0 Å². The molecule has 0 saturated heterocycles. The molecule has 1 aliphatic heterocycles. The number of hydrogen-bond acceptors (Lipinski definition) is 5. The van der Waals surface area contributed by atoms with Gasteiger partial charge in [0.2, 0.25) is 0 Å². The standard InChI is InChI=1S/C29H33NO6S/c1-18-16-23(30-37(33,34)22-11-7-6-8-12-22)19(2)26(27(28(31)32)36-29(3,4)5)25(18)21-13-14-24-20(17-21)10-9-15-35-24/h6-8,11-14,16-17,27,30H,9-10,15H2,1-5H3,(H,31,32). The summed E-state index contributed by atoms with van der Waals surface area (Å²) in [5.74, 6) is -0.318. The predicted octanol–water partition coefficient (Wildman–Crippen LogP) is 6.04. The summed E-state index contributed by atoms with van der Waals surface area (Å²) in [6, 6.07) is 15.7. The van der Waals surface area contributed by atoms with E-state index in [0.717, 1.165) is 35.3 Å². The number of benzene rings is 3. The molecule has 0 aromatic heterocycles. The molecule has 0 spiro atoms. The minimum absolute atomic E-state index is 0.119. The summed E-state index contributed by atoms with van der Waals surface area (Å²) in [7, 11) is -3.89. The maximum absolute atomic E-state index is 13.2. The van der Waals surface area contributed by atoms with E-state index in [1.807, 2.05) is 25.1 Å². The number of rotatable bonds is 7. The molecule has 4 rings (SSSR count). The van der Waals surface area contributed by atoms with E-state index < -0.39 is 27.7 Å². The molecule has 196 valence electrons. The number of carboxylic acid groups (broad SMARTS) is 1. The van der Waals surface area contributed by atoms with E-state index in [4.69, 9.17) is 9.47 Å². The first-order chi connectivity index (χ1) is 17.4. The van der Waals surface area contributed by atoms with E-state index in [9.17, 15) is 18.3 Å². The van der Waals surface area contributed by atoms with Gasteiger partial charge in [0.25, 0.3) is 10.0 Å². The van der Waals surface area contributed by atoms with Crippen molar-refractivity contribution in [3.05, 3.63) is 76.9 Å². The van der Waals surface area contributed by atoms with E-state index in [2.05, 4.69) is 4.72 Å². The number of aryl methyl sites for hydroxylation is 2. The summed E-state index contributed by atoms with van der Waals surface area (Å²) in [4.78, 5) is 12.7. The van der Waals surface area contributed by atoms with Gasteiger partial charge in [0, 0.05) is 5.56 Å². The fraction of sp³-hybridized carbons (Fsp3) is 0.345. The second-order valence-corrected chi connectivity index (χ2v) is 12.0. The Bertz CT molecular complexity index is 1420. The number of aliphatic carboxylic acids is 1. The number of fused-ring (bicyclic) bond motifs is 1. The molecule has 1 atom stereocenters. The number of anilines is 1. The normalized spacial score (nSPS) is 14.4. The van der Waals surface area contributed by atoms with Crippen molar-refractivity contribution in [2.45, 2.75) is 64.1 Å². The maximum Gasteiger partial charge on any atom is 0.337 e. The third kappa shape index (κ3) is 5.81. The lowest BCUT2D eigenvalue weighted by Gasteiger charge is -2.30. The molecule has 0 aliphatic carbocycles. The van der Waals surface area contributed by atoms with Gasteiger partial charge in [0.15, 0.2) is 6.10 Å². The van der Waals surface area contributed by atoms with E-state index in [1.165, 1.54) is 12.1 Å². The Morgan fingerprint density at radius 2 is 1.78 bits per heavy atom. The molecule has 0 bridgehead atoms. The van der Waals surface area contributed by atoms with Gasteiger partial charge in [0.05, 0.1) is 22.8 Å². The van der Waals surface area contributed by atoms with Crippen molar-refractivity contribution in [3.8, 4) is 16.9 Å². The highest BCUT2D eigenvalue weighted by Gasteiger charge is 2.33. The highest BCUT2D eigenvalue weighted by atomic mass is 32.2. The van der Waals surface area contributed by atoms with E-state index in [-0.39, 0.29) is 4.90 Å². The van der Waals surface area contributed by atoms with Gasteiger partial charge in [-0.25, -0.2) is 13.2 Å². The molecule has 0 fully saturated rings. The second kappa shape index (κ2) is 10.2. The monoisotopic (exact) mass is 523 g/mol. The van der Waals surface area contributed by atoms with Crippen molar-refractivity contribution < 1.29 is 27.8 Å². The lowest BCUT2D eigenvalue weighted by atomic mass is 9.86. The van der Waals surface area contributed by atoms with Crippen molar-refractivity contribution in [1.29, 1.82) is 0 Å². The van der Waals surface area contributed by atoms with Crippen LogP contribution in [0.4, 0.5) is 5.69 Å². The van der Waals surface area contributed by atoms with Crippen LogP contribution in [0.2, 0.25) is 0 Å². The number of carboxylic acids is 1. The summed E-state index contributed by atoms with van der Waals surface area (Å²) in [5.41, 5.74) is 3.80. The number of carbonyl (C=O) groups is 1. The number of ether oxygens (including phenoxy) is 2. The summed E-state index contributed by atoms with van der Waals surface area (Å²) >= 11 is 0. The van der Waals surface area contributed by atoms with Crippen LogP contribution in [-0.4, -0.2) is 31.7 Å². The van der Waals surface area contributed by atoms with Crippen LogP contribution in [0.5, 0.6) is 5.75 Å². The van der Waals surface area contributed by atoms with E-state index in [0.29, 0.717) is 29.0 Å². The van der Waals surface area contributed by atoms with Crippen molar-refractivity contribution in [1.82, 2.24) is 0 Å². The minimum atomic E-state index is -3.89. The zero-order valence-corrected chi connectivity index (χ0v) is 22.6. The van der Waals surface area contributed by atoms with Crippen LogP contribution in [0, 0.1) is 13.8 Å². The minimum Gasteiger partial charge on any atom is -0.493 e. The Balaban J connectivity index is 1.93. The molecule has 0 saturated carbocycles. The molecule has 1 heterocycles. The van der Waals surface area contributed by atoms with Gasteiger partial charge in [-0.05, 0) is 106 Å². The zero-order chi connectivity index (χ0) is 27.0. The Hall–Kier alpha value is -3.36. The fourth-order valence-electron chi connectivity index (χ4n) is 4.66. The topological polar surface area (TPSA) is 102 Å². The van der Waals surface area contributed by atoms with Crippen LogP contribution in [0.3, 0.4) is 0 Å². The average Bonchev–Trinajstić information content (AvgIpc) is 2.84. The Labute approximate surface area is 218 Å². The van der Waals surface area contributed by atoms with Crippen molar-refractivity contribution >= 4 is 21.7 Å². The molecule has 2 N–H and O–H groups in total. The first-order valence-electron chi connectivity index (χ1n) is 12.3. The van der Waals surface area contributed by atoms with Gasteiger partial charge >= 0.3 is 5.97 Å². The Kier molecular flexibility index (Phi) is 7.35. The van der Waals surface area contributed by atoms with Crippen LogP contribution in [0.1, 0.15) is 55.5 Å². The average molecular weight is 524 g/mol. The van der Waals surface area contributed by atoms with Crippen LogP contribution in [-0.2, 0) is 26.0 Å². The third-order valence-corrected chi connectivity index (χ3v) is 7.67. The zero-order valence-electron chi connectivity index (χ0n) is 21.8. The van der Waals surface area contributed by atoms with Gasteiger partial charge in [-0.15, -0.1) is 0 Å². The highest BCUT2D eigenvalue weighted by molar-refractivity contribution is 7.92. The van der Waals surface area contributed by atoms with Crippen molar-refractivity contribution in [3.63, 3.8) is 0 Å². The maximum atomic E-state index is 13.2. The Morgan fingerprint density at radius 1 is 1.08 bits per heavy atom. The van der Waals surface area contributed by atoms with Gasteiger partial charge in [0.1, 0.15) is 5.75 Å². The molecule has 0 radical (unpaired) electrons. The van der Waals surface area contributed by atoms with Gasteiger partial charge in [-0.3, -0.25) is 4.72 Å². The van der Waals surface area contributed by atoms with Crippen LogP contribution in [0.15, 0.2) is 59.5 Å². The summed E-state index contributed by atoms with van der Waals surface area (Å²) in [6.07, 6.45) is 0.459. The number of sulfonamides is 1. The second-order valence-electron chi connectivity index (χ2n) is 10.3. The summed E-state index contributed by atoms with van der Waals surface area (Å²) in [5, 5.41) is 10.3. The molecule has 8 heteroatoms.